The normalized spacial score (nSPS) is 21.8. The number of anilines is 1. The predicted molar refractivity (Wildman–Crippen MR) is 144 cm³/mol. The van der Waals surface area contributed by atoms with Gasteiger partial charge in [0.2, 0.25) is 0 Å². The lowest BCUT2D eigenvalue weighted by atomic mass is 9.79. The molecule has 1 aliphatic heterocycles. The lowest BCUT2D eigenvalue weighted by Crippen LogP contribution is -2.42. The minimum atomic E-state index is -0.613. The smallest absolute Gasteiger partial charge is 0.133 e. The van der Waals surface area contributed by atoms with Gasteiger partial charge in [0.05, 0.1) is 11.6 Å². The SMILES string of the molecule is CCOC1CC(c2ccc(Cl)cc2)(n2nnc3ccccc32)C(c2ccccc2)N1c1ccccc1. The largest absolute Gasteiger partial charge is 0.359 e. The summed E-state index contributed by atoms with van der Waals surface area (Å²) in [7, 11) is 0. The van der Waals surface area contributed by atoms with Crippen LogP contribution in [-0.2, 0) is 10.3 Å². The molecule has 0 bridgehead atoms. The van der Waals surface area contributed by atoms with E-state index in [0.717, 1.165) is 22.3 Å². The third-order valence-corrected chi connectivity index (χ3v) is 7.38. The lowest BCUT2D eigenvalue weighted by Gasteiger charge is -2.40. The fourth-order valence-electron chi connectivity index (χ4n) is 5.69. The van der Waals surface area contributed by atoms with Crippen LogP contribution in [0.2, 0.25) is 5.02 Å². The van der Waals surface area contributed by atoms with Gasteiger partial charge in [-0.2, -0.15) is 0 Å². The monoisotopic (exact) mass is 494 g/mol. The molecule has 6 rings (SSSR count). The van der Waals surface area contributed by atoms with Crippen molar-refractivity contribution < 1.29 is 4.74 Å². The molecule has 1 aliphatic rings. The van der Waals surface area contributed by atoms with Gasteiger partial charge in [0, 0.05) is 23.7 Å². The van der Waals surface area contributed by atoms with E-state index in [1.165, 1.54) is 5.56 Å². The molecule has 6 heteroatoms. The number of nitrogens with zero attached hydrogens (tertiary/aromatic N) is 4. The number of para-hydroxylation sites is 2. The van der Waals surface area contributed by atoms with Gasteiger partial charge in [0.15, 0.2) is 0 Å². The summed E-state index contributed by atoms with van der Waals surface area (Å²) in [6.45, 7) is 2.65. The van der Waals surface area contributed by atoms with E-state index in [-0.39, 0.29) is 12.3 Å². The second-order valence-electron chi connectivity index (χ2n) is 9.09. The molecule has 1 aromatic heterocycles. The van der Waals surface area contributed by atoms with Crippen molar-refractivity contribution >= 4 is 28.3 Å². The fourth-order valence-corrected chi connectivity index (χ4v) is 5.82. The molecule has 0 radical (unpaired) electrons. The minimum absolute atomic E-state index is 0.121. The van der Waals surface area contributed by atoms with E-state index in [1.54, 1.807) is 0 Å². The van der Waals surface area contributed by atoms with Gasteiger partial charge < -0.3 is 9.64 Å². The highest BCUT2D eigenvalue weighted by molar-refractivity contribution is 6.30. The van der Waals surface area contributed by atoms with E-state index < -0.39 is 5.54 Å². The second-order valence-corrected chi connectivity index (χ2v) is 9.53. The number of hydrogen-bond donors (Lipinski definition) is 0. The van der Waals surface area contributed by atoms with Crippen LogP contribution in [0, 0.1) is 0 Å². The van der Waals surface area contributed by atoms with Gasteiger partial charge in [0.1, 0.15) is 17.3 Å². The molecule has 0 amide bonds. The first-order chi connectivity index (χ1) is 17.7. The molecule has 3 unspecified atom stereocenters. The fraction of sp³-hybridized carbons (Fsp3) is 0.200. The summed E-state index contributed by atoms with van der Waals surface area (Å²) < 4.78 is 8.58. The molecular formula is C30H27ClN4O. The highest BCUT2D eigenvalue weighted by Crippen LogP contribution is 2.55. The highest BCUT2D eigenvalue weighted by Gasteiger charge is 2.57. The van der Waals surface area contributed by atoms with Crippen LogP contribution in [0.3, 0.4) is 0 Å². The second kappa shape index (κ2) is 9.41. The number of halogens is 1. The van der Waals surface area contributed by atoms with E-state index in [2.05, 4.69) is 87.5 Å². The summed E-state index contributed by atoms with van der Waals surface area (Å²) in [5.41, 5.74) is 4.63. The predicted octanol–water partition coefficient (Wildman–Crippen LogP) is 6.84. The van der Waals surface area contributed by atoms with Gasteiger partial charge in [-0.15, -0.1) is 5.10 Å². The molecule has 0 spiro atoms. The average Bonchev–Trinajstić information content (AvgIpc) is 3.51. The van der Waals surface area contributed by atoms with E-state index in [4.69, 9.17) is 21.6 Å². The van der Waals surface area contributed by atoms with Crippen LogP contribution in [0.25, 0.3) is 11.0 Å². The molecule has 1 fully saturated rings. The van der Waals surface area contributed by atoms with Gasteiger partial charge in [-0.25, -0.2) is 4.68 Å². The maximum absolute atomic E-state index is 6.47. The summed E-state index contributed by atoms with van der Waals surface area (Å²) in [4.78, 5) is 2.41. The third kappa shape index (κ3) is 3.67. The van der Waals surface area contributed by atoms with Crippen molar-refractivity contribution in [1.82, 2.24) is 15.0 Å². The summed E-state index contributed by atoms with van der Waals surface area (Å²) in [5, 5.41) is 10.1. The van der Waals surface area contributed by atoms with Crippen molar-refractivity contribution in [3.8, 4) is 0 Å². The summed E-state index contributed by atoms with van der Waals surface area (Å²) in [6.07, 6.45) is 0.505. The first kappa shape index (κ1) is 22.8. The molecule has 0 saturated carbocycles. The van der Waals surface area contributed by atoms with Gasteiger partial charge in [-0.3, -0.25) is 0 Å². The van der Waals surface area contributed by atoms with Crippen molar-refractivity contribution in [3.05, 3.63) is 125 Å². The zero-order chi connectivity index (χ0) is 24.5. The van der Waals surface area contributed by atoms with Crippen LogP contribution in [0.1, 0.15) is 30.5 Å². The Kier molecular flexibility index (Phi) is 5.96. The van der Waals surface area contributed by atoms with Crippen molar-refractivity contribution in [3.63, 3.8) is 0 Å². The summed E-state index contributed by atoms with van der Waals surface area (Å²) >= 11 is 6.37. The van der Waals surface area contributed by atoms with Crippen LogP contribution in [0.5, 0.6) is 0 Å². The van der Waals surface area contributed by atoms with Crippen molar-refractivity contribution in [2.45, 2.75) is 31.2 Å². The number of fused-ring (bicyclic) bond motifs is 1. The molecule has 0 aliphatic carbocycles. The number of benzene rings is 4. The third-order valence-electron chi connectivity index (χ3n) is 7.13. The van der Waals surface area contributed by atoms with Crippen LogP contribution in [-0.4, -0.2) is 27.8 Å². The number of ether oxygens (including phenoxy) is 1. The van der Waals surface area contributed by atoms with Crippen LogP contribution >= 0.6 is 11.6 Å². The van der Waals surface area contributed by atoms with Gasteiger partial charge in [0.25, 0.3) is 0 Å². The topological polar surface area (TPSA) is 43.2 Å². The zero-order valence-corrected chi connectivity index (χ0v) is 20.8. The van der Waals surface area contributed by atoms with Crippen molar-refractivity contribution in [2.24, 2.45) is 0 Å². The van der Waals surface area contributed by atoms with Crippen molar-refractivity contribution in [1.29, 1.82) is 0 Å². The average molecular weight is 495 g/mol. The molecule has 3 atom stereocenters. The lowest BCUT2D eigenvalue weighted by molar-refractivity contribution is 0.0623. The molecule has 0 N–H and O–H groups in total. The molecule has 5 aromatic rings. The molecule has 4 aromatic carbocycles. The van der Waals surface area contributed by atoms with Gasteiger partial charge >= 0.3 is 0 Å². The van der Waals surface area contributed by atoms with Crippen LogP contribution in [0.15, 0.2) is 109 Å². The molecule has 2 heterocycles. The number of rotatable bonds is 6. The standard InChI is InChI=1S/C30H27ClN4O/c1-2-36-28-21-30(23-17-19-24(31)20-18-23,35-27-16-10-9-15-26(27)32-33-35)29(22-11-5-3-6-12-22)34(28)25-13-7-4-8-14-25/h3-20,28-29H,2,21H2,1H3. The summed E-state index contributed by atoms with van der Waals surface area (Å²) in [6, 6.07) is 37.3. The van der Waals surface area contributed by atoms with Gasteiger partial charge in [-0.05, 0) is 54.4 Å². The van der Waals surface area contributed by atoms with Gasteiger partial charge in [-0.1, -0.05) is 89.6 Å². The molecular weight excluding hydrogens is 468 g/mol. The quantitative estimate of drug-likeness (QED) is 0.259. The maximum atomic E-state index is 6.47. The Hall–Kier alpha value is -3.67. The Morgan fingerprint density at radius 2 is 1.53 bits per heavy atom. The van der Waals surface area contributed by atoms with E-state index in [1.807, 2.05) is 43.3 Å². The van der Waals surface area contributed by atoms with E-state index in [0.29, 0.717) is 18.1 Å². The Morgan fingerprint density at radius 1 is 0.861 bits per heavy atom. The molecule has 5 nitrogen and oxygen atoms in total. The van der Waals surface area contributed by atoms with Crippen LogP contribution < -0.4 is 4.90 Å². The first-order valence-corrected chi connectivity index (χ1v) is 12.7. The number of hydrogen-bond acceptors (Lipinski definition) is 4. The zero-order valence-electron chi connectivity index (χ0n) is 20.0. The first-order valence-electron chi connectivity index (χ1n) is 12.3. The Morgan fingerprint density at radius 3 is 2.25 bits per heavy atom. The van der Waals surface area contributed by atoms with E-state index in [9.17, 15) is 0 Å². The van der Waals surface area contributed by atoms with Crippen LogP contribution in [0.4, 0.5) is 5.69 Å². The van der Waals surface area contributed by atoms with E-state index >= 15 is 0 Å². The molecule has 36 heavy (non-hydrogen) atoms. The van der Waals surface area contributed by atoms with Crippen molar-refractivity contribution in [2.75, 3.05) is 11.5 Å². The summed E-state index contributed by atoms with van der Waals surface area (Å²) in [5.74, 6) is 0. The molecule has 180 valence electrons. The molecule has 1 saturated heterocycles. The Bertz CT molecular complexity index is 1460. The Balaban J connectivity index is 1.70. The number of aromatic nitrogens is 3. The highest BCUT2D eigenvalue weighted by atomic mass is 35.5. The minimum Gasteiger partial charge on any atom is -0.359 e. The Labute approximate surface area is 215 Å². The maximum Gasteiger partial charge on any atom is 0.133 e.